The van der Waals surface area contributed by atoms with Gasteiger partial charge in [0.2, 0.25) is 4.96 Å². The number of aromatic nitrogens is 4. The van der Waals surface area contributed by atoms with Gasteiger partial charge in [-0.05, 0) is 25.3 Å². The molecular weight excluding hydrogens is 246 g/mol. The molecule has 0 spiro atoms. The Morgan fingerprint density at radius 3 is 2.89 bits per heavy atom. The van der Waals surface area contributed by atoms with Gasteiger partial charge in [-0.1, -0.05) is 31.1 Å². The van der Waals surface area contributed by atoms with Gasteiger partial charge in [-0.15, -0.1) is 10.2 Å². The van der Waals surface area contributed by atoms with Crippen molar-refractivity contribution in [3.8, 4) is 0 Å². The summed E-state index contributed by atoms with van der Waals surface area (Å²) in [7, 11) is 0. The number of fused-ring (bicyclic) bond motifs is 1. The first kappa shape index (κ1) is 12.0. The first-order chi connectivity index (χ1) is 8.81. The summed E-state index contributed by atoms with van der Waals surface area (Å²) in [5, 5.41) is 14.3. The Kier molecular flexibility index (Phi) is 3.30. The lowest BCUT2D eigenvalue weighted by atomic mass is 9.85. The molecule has 2 aromatic rings. The lowest BCUT2D eigenvalue weighted by Crippen LogP contribution is -2.16. The number of hydrogen-bond donors (Lipinski definition) is 1. The molecule has 0 bridgehead atoms. The molecule has 1 fully saturated rings. The van der Waals surface area contributed by atoms with E-state index in [1.807, 2.05) is 4.52 Å². The lowest BCUT2D eigenvalue weighted by molar-refractivity contribution is 0.394. The molecule has 18 heavy (non-hydrogen) atoms. The third-order valence-electron chi connectivity index (χ3n) is 3.90. The van der Waals surface area contributed by atoms with Gasteiger partial charge < -0.3 is 5.73 Å². The number of nitrogens with two attached hydrogens (primary N) is 1. The largest absolute Gasteiger partial charge is 0.330 e. The highest BCUT2D eigenvalue weighted by molar-refractivity contribution is 7.16. The molecular formula is C12H19N5S. The first-order valence-electron chi connectivity index (χ1n) is 6.73. The van der Waals surface area contributed by atoms with Gasteiger partial charge in [0.25, 0.3) is 0 Å². The molecule has 98 valence electrons. The van der Waals surface area contributed by atoms with Crippen LogP contribution in [0.15, 0.2) is 0 Å². The van der Waals surface area contributed by atoms with Crippen molar-refractivity contribution in [2.24, 2.45) is 11.7 Å². The maximum Gasteiger partial charge on any atom is 0.234 e. The van der Waals surface area contributed by atoms with E-state index >= 15 is 0 Å². The third-order valence-corrected chi connectivity index (χ3v) is 4.82. The zero-order chi connectivity index (χ0) is 12.5. The molecule has 0 amide bonds. The summed E-state index contributed by atoms with van der Waals surface area (Å²) in [4.78, 5) is 0.929. The minimum atomic E-state index is 0.529. The van der Waals surface area contributed by atoms with Crippen LogP contribution >= 0.6 is 11.3 Å². The van der Waals surface area contributed by atoms with E-state index in [0.717, 1.165) is 35.2 Å². The lowest BCUT2D eigenvalue weighted by Gasteiger charge is -2.22. The van der Waals surface area contributed by atoms with Gasteiger partial charge in [0.15, 0.2) is 5.82 Å². The van der Waals surface area contributed by atoms with Crippen LogP contribution in [0.5, 0.6) is 0 Å². The molecule has 0 aromatic carbocycles. The second-order valence-electron chi connectivity index (χ2n) is 5.09. The predicted molar refractivity (Wildman–Crippen MR) is 71.8 cm³/mol. The summed E-state index contributed by atoms with van der Waals surface area (Å²) in [6.07, 6.45) is 5.83. The fourth-order valence-electron chi connectivity index (χ4n) is 2.32. The summed E-state index contributed by atoms with van der Waals surface area (Å²) < 4.78 is 1.95. The molecule has 2 heterocycles. The van der Waals surface area contributed by atoms with E-state index in [-0.39, 0.29) is 0 Å². The van der Waals surface area contributed by atoms with Crippen molar-refractivity contribution in [3.63, 3.8) is 0 Å². The normalized spacial score (nSPS) is 18.1. The van der Waals surface area contributed by atoms with E-state index in [4.69, 9.17) is 5.73 Å². The van der Waals surface area contributed by atoms with Crippen molar-refractivity contribution >= 4 is 16.3 Å². The zero-order valence-electron chi connectivity index (χ0n) is 10.7. The van der Waals surface area contributed by atoms with Crippen LogP contribution in [0.2, 0.25) is 0 Å². The Hall–Kier alpha value is -1.01. The smallest absolute Gasteiger partial charge is 0.234 e. The summed E-state index contributed by atoms with van der Waals surface area (Å²) in [5.41, 5.74) is 5.75. The van der Waals surface area contributed by atoms with Gasteiger partial charge in [-0.3, -0.25) is 0 Å². The van der Waals surface area contributed by atoms with Crippen LogP contribution in [0.1, 0.15) is 49.4 Å². The standard InChI is InChI=1S/C12H19N5S/c1-2-8(7-13)6-10-16-17-11(9-4-3-5-9)14-15-12(17)18-10/h8-9H,2-7,13H2,1H3. The van der Waals surface area contributed by atoms with Crippen LogP contribution in [0.4, 0.5) is 0 Å². The number of rotatable bonds is 5. The highest BCUT2D eigenvalue weighted by Crippen LogP contribution is 2.35. The monoisotopic (exact) mass is 265 g/mol. The fourth-order valence-corrected chi connectivity index (χ4v) is 3.27. The van der Waals surface area contributed by atoms with Crippen molar-refractivity contribution in [3.05, 3.63) is 10.8 Å². The summed E-state index contributed by atoms with van der Waals surface area (Å²) in [5.74, 6) is 2.16. The second-order valence-corrected chi connectivity index (χ2v) is 6.13. The van der Waals surface area contributed by atoms with E-state index in [2.05, 4.69) is 22.2 Å². The minimum absolute atomic E-state index is 0.529. The molecule has 3 rings (SSSR count). The first-order valence-corrected chi connectivity index (χ1v) is 7.54. The minimum Gasteiger partial charge on any atom is -0.330 e. The Labute approximate surface area is 110 Å². The molecule has 2 N–H and O–H groups in total. The van der Waals surface area contributed by atoms with Crippen LogP contribution in [0, 0.1) is 5.92 Å². The van der Waals surface area contributed by atoms with Gasteiger partial charge in [0.05, 0.1) is 0 Å². The van der Waals surface area contributed by atoms with Crippen molar-refractivity contribution in [2.75, 3.05) is 6.54 Å². The average molecular weight is 265 g/mol. The molecule has 6 heteroatoms. The predicted octanol–water partition coefficient (Wildman–Crippen LogP) is 1.98. The van der Waals surface area contributed by atoms with E-state index < -0.39 is 0 Å². The molecule has 5 nitrogen and oxygen atoms in total. The molecule has 1 saturated carbocycles. The third kappa shape index (κ3) is 2.03. The summed E-state index contributed by atoms with van der Waals surface area (Å²) >= 11 is 1.65. The van der Waals surface area contributed by atoms with E-state index in [1.54, 1.807) is 11.3 Å². The highest BCUT2D eigenvalue weighted by Gasteiger charge is 2.26. The van der Waals surface area contributed by atoms with Crippen molar-refractivity contribution in [1.82, 2.24) is 19.8 Å². The van der Waals surface area contributed by atoms with Crippen LogP contribution in [0.3, 0.4) is 0 Å². The Morgan fingerprint density at radius 1 is 1.44 bits per heavy atom. The molecule has 1 unspecified atom stereocenters. The summed E-state index contributed by atoms with van der Waals surface area (Å²) in [6.45, 7) is 2.91. The molecule has 1 aliphatic carbocycles. The topological polar surface area (TPSA) is 69.1 Å². The van der Waals surface area contributed by atoms with Gasteiger partial charge in [-0.25, -0.2) is 0 Å². The fraction of sp³-hybridized carbons (Fsp3) is 0.750. The van der Waals surface area contributed by atoms with E-state index in [0.29, 0.717) is 11.8 Å². The second kappa shape index (κ2) is 4.93. The van der Waals surface area contributed by atoms with Crippen molar-refractivity contribution in [2.45, 2.75) is 44.9 Å². The summed E-state index contributed by atoms with van der Waals surface area (Å²) in [6, 6.07) is 0. The van der Waals surface area contributed by atoms with Gasteiger partial charge >= 0.3 is 0 Å². The molecule has 0 aliphatic heterocycles. The van der Waals surface area contributed by atoms with Crippen LogP contribution in [0.25, 0.3) is 4.96 Å². The van der Waals surface area contributed by atoms with Gasteiger partial charge in [0, 0.05) is 12.3 Å². The van der Waals surface area contributed by atoms with E-state index in [1.165, 1.54) is 19.3 Å². The molecule has 1 atom stereocenters. The quantitative estimate of drug-likeness (QED) is 0.897. The van der Waals surface area contributed by atoms with Crippen molar-refractivity contribution in [1.29, 1.82) is 0 Å². The Bertz CT molecular complexity index is 524. The van der Waals surface area contributed by atoms with Gasteiger partial charge in [-0.2, -0.15) is 9.61 Å². The number of hydrogen-bond acceptors (Lipinski definition) is 5. The number of nitrogens with zero attached hydrogens (tertiary/aromatic N) is 4. The van der Waals surface area contributed by atoms with Crippen LogP contribution in [-0.2, 0) is 6.42 Å². The van der Waals surface area contributed by atoms with E-state index in [9.17, 15) is 0 Å². The average Bonchev–Trinajstić information content (AvgIpc) is 2.85. The molecule has 0 saturated heterocycles. The maximum absolute atomic E-state index is 5.75. The van der Waals surface area contributed by atoms with Gasteiger partial charge in [0.1, 0.15) is 5.01 Å². The zero-order valence-corrected chi connectivity index (χ0v) is 11.5. The highest BCUT2D eigenvalue weighted by atomic mass is 32.1. The SMILES string of the molecule is CCC(CN)Cc1nn2c(C3CCC3)nnc2s1. The van der Waals surface area contributed by atoms with Crippen molar-refractivity contribution < 1.29 is 0 Å². The molecule has 2 aromatic heterocycles. The molecule has 1 aliphatic rings. The Morgan fingerprint density at radius 2 is 2.28 bits per heavy atom. The molecule has 0 radical (unpaired) electrons. The van der Waals surface area contributed by atoms with Crippen LogP contribution in [-0.4, -0.2) is 26.4 Å². The Balaban J connectivity index is 1.84. The maximum atomic E-state index is 5.75. The van der Waals surface area contributed by atoms with Crippen LogP contribution < -0.4 is 5.73 Å².